The van der Waals surface area contributed by atoms with E-state index >= 15 is 0 Å². The van der Waals surface area contributed by atoms with Gasteiger partial charge in [-0.1, -0.05) is 18.2 Å². The number of hydrogen-bond acceptors (Lipinski definition) is 4. The monoisotopic (exact) mass is 292 g/mol. The zero-order valence-electron chi connectivity index (χ0n) is 11.9. The zero-order valence-corrected chi connectivity index (χ0v) is 11.9. The fraction of sp³-hybridized carbons (Fsp3) is 0. The molecule has 0 amide bonds. The SMILES string of the molecule is C(=C\c1ccccn1)/c1ccccn1.Oc1cccc(O)c1. The van der Waals surface area contributed by atoms with Crippen LogP contribution in [0.2, 0.25) is 0 Å². The standard InChI is InChI=1S/C12H10N2.C6H6O2/c1-3-9-13-11(5-1)7-8-12-6-2-4-10-14-12;7-5-2-1-3-6(8)4-5/h1-10H;1-4,7-8H/b8-7+;. The normalized spacial score (nSPS) is 10.0. The van der Waals surface area contributed by atoms with Gasteiger partial charge in [-0.15, -0.1) is 0 Å². The maximum absolute atomic E-state index is 8.65. The number of aromatic nitrogens is 2. The Morgan fingerprint density at radius 3 is 1.45 bits per heavy atom. The van der Waals surface area contributed by atoms with Crippen LogP contribution in [0.1, 0.15) is 11.4 Å². The second-order valence-electron chi connectivity index (χ2n) is 4.36. The quantitative estimate of drug-likeness (QED) is 0.755. The molecule has 0 spiro atoms. The highest BCUT2D eigenvalue weighted by Crippen LogP contribution is 2.14. The van der Waals surface area contributed by atoms with Crippen LogP contribution in [0, 0.1) is 0 Å². The second-order valence-corrected chi connectivity index (χ2v) is 4.36. The minimum atomic E-state index is 0.0880. The van der Waals surface area contributed by atoms with Crippen LogP contribution in [0.4, 0.5) is 0 Å². The molecule has 0 aliphatic heterocycles. The summed E-state index contributed by atoms with van der Waals surface area (Å²) < 4.78 is 0. The van der Waals surface area contributed by atoms with Gasteiger partial charge in [0.25, 0.3) is 0 Å². The van der Waals surface area contributed by atoms with Gasteiger partial charge in [0, 0.05) is 18.5 Å². The summed E-state index contributed by atoms with van der Waals surface area (Å²) in [5.41, 5.74) is 1.89. The summed E-state index contributed by atoms with van der Waals surface area (Å²) in [5, 5.41) is 17.3. The van der Waals surface area contributed by atoms with Gasteiger partial charge in [-0.05, 0) is 48.6 Å². The van der Waals surface area contributed by atoms with Crippen LogP contribution in [0.5, 0.6) is 11.5 Å². The molecule has 4 nitrogen and oxygen atoms in total. The van der Waals surface area contributed by atoms with Crippen molar-refractivity contribution >= 4 is 12.2 Å². The van der Waals surface area contributed by atoms with Gasteiger partial charge in [0.2, 0.25) is 0 Å². The molecule has 0 aliphatic carbocycles. The van der Waals surface area contributed by atoms with Gasteiger partial charge in [-0.2, -0.15) is 0 Å². The molecule has 0 unspecified atom stereocenters. The van der Waals surface area contributed by atoms with Crippen molar-refractivity contribution in [3.63, 3.8) is 0 Å². The second kappa shape index (κ2) is 8.21. The van der Waals surface area contributed by atoms with Crippen molar-refractivity contribution in [2.45, 2.75) is 0 Å². The fourth-order valence-electron chi connectivity index (χ4n) is 1.61. The maximum Gasteiger partial charge on any atom is 0.119 e. The van der Waals surface area contributed by atoms with E-state index in [-0.39, 0.29) is 11.5 Å². The van der Waals surface area contributed by atoms with E-state index < -0.39 is 0 Å². The first-order chi connectivity index (χ1) is 10.7. The lowest BCUT2D eigenvalue weighted by molar-refractivity contribution is 0.450. The number of benzene rings is 1. The molecule has 0 radical (unpaired) electrons. The van der Waals surface area contributed by atoms with Crippen LogP contribution in [0.3, 0.4) is 0 Å². The Kier molecular flexibility index (Phi) is 5.70. The highest BCUT2D eigenvalue weighted by atomic mass is 16.3. The van der Waals surface area contributed by atoms with Gasteiger partial charge >= 0.3 is 0 Å². The van der Waals surface area contributed by atoms with Gasteiger partial charge in [0.05, 0.1) is 11.4 Å². The summed E-state index contributed by atoms with van der Waals surface area (Å²) in [6.45, 7) is 0. The Balaban J connectivity index is 0.000000188. The number of phenols is 2. The molecule has 2 aromatic heterocycles. The Hall–Kier alpha value is -3.14. The fourth-order valence-corrected chi connectivity index (χ4v) is 1.61. The molecule has 0 atom stereocenters. The first kappa shape index (κ1) is 15.3. The Morgan fingerprint density at radius 1 is 0.636 bits per heavy atom. The predicted octanol–water partition coefficient (Wildman–Crippen LogP) is 3.74. The van der Waals surface area contributed by atoms with Crippen molar-refractivity contribution in [2.24, 2.45) is 0 Å². The molecule has 4 heteroatoms. The Labute approximate surface area is 129 Å². The van der Waals surface area contributed by atoms with Gasteiger partial charge in [0.15, 0.2) is 0 Å². The van der Waals surface area contributed by atoms with E-state index in [0.29, 0.717) is 0 Å². The highest BCUT2D eigenvalue weighted by molar-refractivity contribution is 5.65. The predicted molar refractivity (Wildman–Crippen MR) is 87.2 cm³/mol. The van der Waals surface area contributed by atoms with E-state index in [1.54, 1.807) is 18.5 Å². The van der Waals surface area contributed by atoms with E-state index in [1.807, 2.05) is 48.6 Å². The molecule has 3 rings (SSSR count). The third-order valence-corrected chi connectivity index (χ3v) is 2.63. The van der Waals surface area contributed by atoms with Crippen LogP contribution >= 0.6 is 0 Å². The topological polar surface area (TPSA) is 66.2 Å². The van der Waals surface area contributed by atoms with Crippen molar-refractivity contribution in [1.82, 2.24) is 9.97 Å². The van der Waals surface area contributed by atoms with Gasteiger partial charge < -0.3 is 10.2 Å². The van der Waals surface area contributed by atoms with Crippen molar-refractivity contribution in [3.8, 4) is 11.5 Å². The number of hydrogen-bond donors (Lipinski definition) is 2. The smallest absolute Gasteiger partial charge is 0.119 e. The number of phenolic OH excluding ortho intramolecular Hbond substituents is 2. The lowest BCUT2D eigenvalue weighted by Crippen LogP contribution is -1.79. The lowest BCUT2D eigenvalue weighted by atomic mass is 10.3. The third kappa shape index (κ3) is 5.46. The van der Waals surface area contributed by atoms with Gasteiger partial charge in [0.1, 0.15) is 11.5 Å². The molecule has 110 valence electrons. The first-order valence-electron chi connectivity index (χ1n) is 6.72. The molecule has 0 bridgehead atoms. The van der Waals surface area contributed by atoms with Crippen LogP contribution in [-0.2, 0) is 0 Å². The number of aromatic hydroxyl groups is 2. The third-order valence-electron chi connectivity index (χ3n) is 2.63. The van der Waals surface area contributed by atoms with Crippen molar-refractivity contribution < 1.29 is 10.2 Å². The molecule has 2 heterocycles. The molecule has 0 aliphatic rings. The average Bonchev–Trinajstić information content (AvgIpc) is 2.55. The minimum absolute atomic E-state index is 0.0880. The molecule has 3 aromatic rings. The maximum atomic E-state index is 8.65. The number of pyridine rings is 2. The molecular weight excluding hydrogens is 276 g/mol. The lowest BCUT2D eigenvalue weighted by Gasteiger charge is -1.91. The summed E-state index contributed by atoms with van der Waals surface area (Å²) in [6, 6.07) is 17.5. The molecular formula is C18H16N2O2. The van der Waals surface area contributed by atoms with Crippen molar-refractivity contribution in [1.29, 1.82) is 0 Å². The molecule has 0 saturated carbocycles. The average molecular weight is 292 g/mol. The zero-order chi connectivity index (χ0) is 15.6. The Morgan fingerprint density at radius 2 is 1.14 bits per heavy atom. The summed E-state index contributed by atoms with van der Waals surface area (Å²) in [6.07, 6.45) is 7.45. The van der Waals surface area contributed by atoms with Crippen molar-refractivity contribution in [3.05, 3.63) is 84.4 Å². The molecule has 2 N–H and O–H groups in total. The van der Waals surface area contributed by atoms with E-state index in [0.717, 1.165) is 11.4 Å². The molecule has 0 fully saturated rings. The van der Waals surface area contributed by atoms with E-state index in [4.69, 9.17) is 10.2 Å². The van der Waals surface area contributed by atoms with E-state index in [2.05, 4.69) is 9.97 Å². The first-order valence-corrected chi connectivity index (χ1v) is 6.72. The van der Waals surface area contributed by atoms with Crippen LogP contribution in [-0.4, -0.2) is 20.2 Å². The van der Waals surface area contributed by atoms with Crippen molar-refractivity contribution in [2.75, 3.05) is 0 Å². The van der Waals surface area contributed by atoms with Crippen LogP contribution in [0.15, 0.2) is 73.1 Å². The number of nitrogens with zero attached hydrogens (tertiary/aromatic N) is 2. The summed E-state index contributed by atoms with van der Waals surface area (Å²) >= 11 is 0. The summed E-state index contributed by atoms with van der Waals surface area (Å²) in [4.78, 5) is 8.36. The summed E-state index contributed by atoms with van der Waals surface area (Å²) in [7, 11) is 0. The Bertz CT molecular complexity index is 655. The van der Waals surface area contributed by atoms with Crippen LogP contribution in [0.25, 0.3) is 12.2 Å². The summed E-state index contributed by atoms with van der Waals surface area (Å²) in [5.74, 6) is 0.176. The van der Waals surface area contributed by atoms with E-state index in [1.165, 1.54) is 18.2 Å². The van der Waals surface area contributed by atoms with Crippen LogP contribution < -0.4 is 0 Å². The molecule has 22 heavy (non-hydrogen) atoms. The molecule has 0 saturated heterocycles. The van der Waals surface area contributed by atoms with E-state index in [9.17, 15) is 0 Å². The highest BCUT2D eigenvalue weighted by Gasteiger charge is 1.87. The minimum Gasteiger partial charge on any atom is -0.508 e. The van der Waals surface area contributed by atoms with Gasteiger partial charge in [-0.3, -0.25) is 9.97 Å². The number of rotatable bonds is 2. The largest absolute Gasteiger partial charge is 0.508 e. The van der Waals surface area contributed by atoms with Gasteiger partial charge in [-0.25, -0.2) is 0 Å². The molecule has 1 aromatic carbocycles.